The van der Waals surface area contributed by atoms with Gasteiger partial charge in [0.25, 0.3) is 0 Å². The highest BCUT2D eigenvalue weighted by molar-refractivity contribution is 14.1. The van der Waals surface area contributed by atoms with E-state index in [2.05, 4.69) is 27.9 Å². The molecule has 1 atom stereocenters. The number of anilines is 1. The second-order valence-electron chi connectivity index (χ2n) is 5.27. The third-order valence-electron chi connectivity index (χ3n) is 3.59. The molecule has 0 aromatic heterocycles. The molecule has 2 rings (SSSR count). The van der Waals surface area contributed by atoms with E-state index >= 15 is 0 Å². The SMILES string of the molecule is COc1ccc(C(C)CC(=O)Nc2ccc(I)cc2)c(OC)c1. The number of ether oxygens (including phenoxy) is 2. The topological polar surface area (TPSA) is 47.6 Å². The highest BCUT2D eigenvalue weighted by Gasteiger charge is 2.16. The van der Waals surface area contributed by atoms with Crippen LogP contribution < -0.4 is 14.8 Å². The number of nitrogens with one attached hydrogen (secondary N) is 1. The fourth-order valence-corrected chi connectivity index (χ4v) is 2.72. The number of halogens is 1. The molecule has 0 aliphatic carbocycles. The van der Waals surface area contributed by atoms with Gasteiger partial charge >= 0.3 is 0 Å². The summed E-state index contributed by atoms with van der Waals surface area (Å²) < 4.78 is 11.7. The third kappa shape index (κ3) is 4.86. The maximum absolute atomic E-state index is 12.2. The van der Waals surface area contributed by atoms with Crippen molar-refractivity contribution in [3.05, 3.63) is 51.6 Å². The summed E-state index contributed by atoms with van der Waals surface area (Å²) in [5.41, 5.74) is 1.80. The monoisotopic (exact) mass is 425 g/mol. The van der Waals surface area contributed by atoms with Gasteiger partial charge in [0, 0.05) is 21.7 Å². The lowest BCUT2D eigenvalue weighted by Gasteiger charge is -2.16. The number of rotatable bonds is 6. The molecule has 1 amide bonds. The van der Waals surface area contributed by atoms with Gasteiger partial charge in [0.2, 0.25) is 5.91 Å². The summed E-state index contributed by atoms with van der Waals surface area (Å²) in [7, 11) is 3.24. The van der Waals surface area contributed by atoms with Gasteiger partial charge in [-0.05, 0) is 64.4 Å². The maximum Gasteiger partial charge on any atom is 0.224 e. The Hall–Kier alpha value is -1.76. The zero-order valence-electron chi connectivity index (χ0n) is 13.4. The molecule has 2 aromatic rings. The Kier molecular flexibility index (Phi) is 6.27. The van der Waals surface area contributed by atoms with E-state index in [0.717, 1.165) is 26.3 Å². The number of amides is 1. The van der Waals surface area contributed by atoms with Crippen molar-refractivity contribution in [3.63, 3.8) is 0 Å². The molecule has 2 aromatic carbocycles. The Morgan fingerprint density at radius 3 is 2.43 bits per heavy atom. The average molecular weight is 425 g/mol. The highest BCUT2D eigenvalue weighted by atomic mass is 127. The number of carbonyl (C=O) groups excluding carboxylic acids is 1. The number of carbonyl (C=O) groups is 1. The van der Waals surface area contributed by atoms with Crippen LogP contribution in [0.25, 0.3) is 0 Å². The lowest BCUT2D eigenvalue weighted by atomic mass is 9.96. The van der Waals surface area contributed by atoms with Gasteiger partial charge in [-0.3, -0.25) is 4.79 Å². The molecular formula is C18H20INO3. The zero-order valence-corrected chi connectivity index (χ0v) is 15.6. The molecule has 122 valence electrons. The van der Waals surface area contributed by atoms with Gasteiger partial charge in [0.05, 0.1) is 14.2 Å². The average Bonchev–Trinajstić information content (AvgIpc) is 2.56. The van der Waals surface area contributed by atoms with Crippen LogP contribution in [0.15, 0.2) is 42.5 Å². The van der Waals surface area contributed by atoms with Crippen LogP contribution in [0.1, 0.15) is 24.8 Å². The fraction of sp³-hybridized carbons (Fsp3) is 0.278. The second kappa shape index (κ2) is 8.19. The first kappa shape index (κ1) is 17.6. The van der Waals surface area contributed by atoms with Crippen molar-refractivity contribution < 1.29 is 14.3 Å². The van der Waals surface area contributed by atoms with Crippen LogP contribution in [-0.2, 0) is 4.79 Å². The summed E-state index contributed by atoms with van der Waals surface area (Å²) in [5.74, 6) is 1.50. The van der Waals surface area contributed by atoms with Crippen molar-refractivity contribution in [2.24, 2.45) is 0 Å². The first-order valence-electron chi connectivity index (χ1n) is 7.31. The Morgan fingerprint density at radius 1 is 1.13 bits per heavy atom. The third-order valence-corrected chi connectivity index (χ3v) is 4.31. The fourth-order valence-electron chi connectivity index (χ4n) is 2.36. The largest absolute Gasteiger partial charge is 0.497 e. The van der Waals surface area contributed by atoms with Crippen LogP contribution in [0, 0.1) is 3.57 Å². The van der Waals surface area contributed by atoms with Crippen LogP contribution in [0.3, 0.4) is 0 Å². The van der Waals surface area contributed by atoms with Crippen LogP contribution in [-0.4, -0.2) is 20.1 Å². The Bertz CT molecular complexity index is 670. The Morgan fingerprint density at radius 2 is 1.83 bits per heavy atom. The summed E-state index contributed by atoms with van der Waals surface area (Å²) in [6.45, 7) is 2.01. The molecule has 0 spiro atoms. The molecule has 0 bridgehead atoms. The lowest BCUT2D eigenvalue weighted by Crippen LogP contribution is -2.14. The summed E-state index contributed by atoms with van der Waals surface area (Å²) in [4.78, 5) is 12.2. The standard InChI is InChI=1S/C18H20INO3/c1-12(16-9-8-15(22-2)11-17(16)23-3)10-18(21)20-14-6-4-13(19)5-7-14/h4-9,11-12H,10H2,1-3H3,(H,20,21). The van der Waals surface area contributed by atoms with Gasteiger partial charge in [-0.1, -0.05) is 13.0 Å². The molecule has 23 heavy (non-hydrogen) atoms. The minimum absolute atomic E-state index is 0.0171. The van der Waals surface area contributed by atoms with Gasteiger partial charge in [-0.15, -0.1) is 0 Å². The molecule has 5 heteroatoms. The maximum atomic E-state index is 12.2. The van der Waals surface area contributed by atoms with Gasteiger partial charge in [-0.25, -0.2) is 0 Å². The first-order valence-corrected chi connectivity index (χ1v) is 8.38. The molecule has 4 nitrogen and oxygen atoms in total. The highest BCUT2D eigenvalue weighted by Crippen LogP contribution is 2.32. The molecule has 0 heterocycles. The van der Waals surface area contributed by atoms with Gasteiger partial charge in [0.15, 0.2) is 0 Å². The van der Waals surface area contributed by atoms with E-state index in [1.165, 1.54) is 0 Å². The predicted octanol–water partition coefficient (Wildman–Crippen LogP) is 4.44. The normalized spacial score (nSPS) is 11.7. The van der Waals surface area contributed by atoms with E-state index in [4.69, 9.17) is 9.47 Å². The van der Waals surface area contributed by atoms with Crippen molar-refractivity contribution in [1.82, 2.24) is 0 Å². The minimum atomic E-state index is -0.0171. The van der Waals surface area contributed by atoms with Gasteiger partial charge in [0.1, 0.15) is 11.5 Å². The van der Waals surface area contributed by atoms with Gasteiger partial charge in [-0.2, -0.15) is 0 Å². The summed E-state index contributed by atoms with van der Waals surface area (Å²) in [6.07, 6.45) is 0.384. The van der Waals surface area contributed by atoms with E-state index < -0.39 is 0 Å². The number of benzene rings is 2. The van der Waals surface area contributed by atoms with Crippen molar-refractivity contribution >= 4 is 34.2 Å². The zero-order chi connectivity index (χ0) is 16.8. The molecule has 0 radical (unpaired) electrons. The van der Waals surface area contributed by atoms with Crippen molar-refractivity contribution in [1.29, 1.82) is 0 Å². The van der Waals surface area contributed by atoms with Crippen LogP contribution in [0.2, 0.25) is 0 Å². The van der Waals surface area contributed by atoms with Gasteiger partial charge < -0.3 is 14.8 Å². The Labute approximate surface area is 150 Å². The van der Waals surface area contributed by atoms with Crippen LogP contribution in [0.4, 0.5) is 5.69 Å². The number of hydrogen-bond acceptors (Lipinski definition) is 3. The van der Waals surface area contributed by atoms with E-state index in [1.54, 1.807) is 14.2 Å². The summed E-state index contributed by atoms with van der Waals surface area (Å²) >= 11 is 2.23. The lowest BCUT2D eigenvalue weighted by molar-refractivity contribution is -0.116. The quantitative estimate of drug-likeness (QED) is 0.697. The van der Waals surface area contributed by atoms with Crippen molar-refractivity contribution in [2.45, 2.75) is 19.3 Å². The van der Waals surface area contributed by atoms with E-state index in [-0.39, 0.29) is 11.8 Å². The summed E-state index contributed by atoms with van der Waals surface area (Å²) in [5, 5.41) is 2.92. The van der Waals surface area contributed by atoms with Crippen molar-refractivity contribution in [2.75, 3.05) is 19.5 Å². The molecule has 0 saturated carbocycles. The molecule has 0 fully saturated rings. The van der Waals surface area contributed by atoms with Crippen molar-refractivity contribution in [3.8, 4) is 11.5 Å². The smallest absolute Gasteiger partial charge is 0.224 e. The van der Waals surface area contributed by atoms with Crippen LogP contribution >= 0.6 is 22.6 Å². The molecule has 0 aliphatic heterocycles. The molecule has 1 N–H and O–H groups in total. The second-order valence-corrected chi connectivity index (χ2v) is 6.51. The number of hydrogen-bond donors (Lipinski definition) is 1. The van der Waals surface area contributed by atoms with E-state index in [0.29, 0.717) is 6.42 Å². The predicted molar refractivity (Wildman–Crippen MR) is 100 cm³/mol. The molecule has 1 unspecified atom stereocenters. The van der Waals surface area contributed by atoms with E-state index in [9.17, 15) is 4.79 Å². The summed E-state index contributed by atoms with van der Waals surface area (Å²) in [6, 6.07) is 13.4. The molecular weight excluding hydrogens is 405 g/mol. The number of methoxy groups -OCH3 is 2. The first-order chi connectivity index (χ1) is 11.0. The van der Waals surface area contributed by atoms with Crippen LogP contribution in [0.5, 0.6) is 11.5 Å². The Balaban J connectivity index is 2.04. The molecule has 0 saturated heterocycles. The molecule has 0 aliphatic rings. The van der Waals surface area contributed by atoms with E-state index in [1.807, 2.05) is 49.4 Å². The minimum Gasteiger partial charge on any atom is -0.497 e.